The number of nitrogens with zero attached hydrogens (tertiary/aromatic N) is 3. The zero-order valence-electron chi connectivity index (χ0n) is 12.5. The van der Waals surface area contributed by atoms with Gasteiger partial charge in [0.05, 0.1) is 18.0 Å². The van der Waals surface area contributed by atoms with Crippen LogP contribution in [0, 0.1) is 16.7 Å². The Bertz CT molecular complexity index is 450. The number of likely N-dealkylation sites (tertiary alicyclic amines) is 2. The molecule has 0 radical (unpaired) electrons. The molecule has 1 N–H and O–H groups in total. The van der Waals surface area contributed by atoms with Crippen LogP contribution in [0.3, 0.4) is 0 Å². The molecule has 21 heavy (non-hydrogen) atoms. The molecule has 2 heterocycles. The number of carbonyl (C=O) groups excluding carboxylic acids is 2. The molecule has 2 aliphatic heterocycles. The summed E-state index contributed by atoms with van der Waals surface area (Å²) < 4.78 is 0. The lowest BCUT2D eigenvalue weighted by molar-refractivity contribution is -0.146. The lowest BCUT2D eigenvalue weighted by Crippen LogP contribution is -2.48. The maximum Gasteiger partial charge on any atom is 0.251 e. The van der Waals surface area contributed by atoms with E-state index in [-0.39, 0.29) is 23.8 Å². The standard InChI is InChI=1S/C15H23N3O3/c1-15(11-16)5-8-17(9-6-15)13(20)10-18-7-3-2-4-12(19)14(18)21/h12,19H,2-10H2,1H3. The molecule has 0 aliphatic carbocycles. The Kier molecular flexibility index (Phi) is 4.84. The van der Waals surface area contributed by atoms with Gasteiger partial charge in [0.25, 0.3) is 5.91 Å². The molecule has 0 aromatic carbocycles. The van der Waals surface area contributed by atoms with Gasteiger partial charge in [-0.15, -0.1) is 0 Å². The molecule has 1 unspecified atom stereocenters. The van der Waals surface area contributed by atoms with Crippen LogP contribution in [0.2, 0.25) is 0 Å². The zero-order chi connectivity index (χ0) is 15.5. The average molecular weight is 293 g/mol. The predicted molar refractivity (Wildman–Crippen MR) is 76.0 cm³/mol. The Morgan fingerprint density at radius 2 is 2.05 bits per heavy atom. The molecule has 0 saturated carbocycles. The smallest absolute Gasteiger partial charge is 0.251 e. The highest BCUT2D eigenvalue weighted by molar-refractivity contribution is 5.87. The fourth-order valence-electron chi connectivity index (χ4n) is 2.87. The summed E-state index contributed by atoms with van der Waals surface area (Å²) in [5.74, 6) is -0.419. The highest BCUT2D eigenvalue weighted by atomic mass is 16.3. The maximum atomic E-state index is 12.3. The third-order valence-corrected chi connectivity index (χ3v) is 4.57. The normalized spacial score (nSPS) is 26.1. The van der Waals surface area contributed by atoms with E-state index < -0.39 is 6.10 Å². The SMILES string of the molecule is CC1(C#N)CCN(C(=O)CN2CCCCC(O)C2=O)CC1. The number of carbonyl (C=O) groups is 2. The minimum atomic E-state index is -0.969. The Labute approximate surface area is 125 Å². The fourth-order valence-corrected chi connectivity index (χ4v) is 2.87. The molecule has 6 nitrogen and oxygen atoms in total. The molecule has 6 heteroatoms. The van der Waals surface area contributed by atoms with Crippen LogP contribution in [0.25, 0.3) is 0 Å². The van der Waals surface area contributed by atoms with Gasteiger partial charge < -0.3 is 14.9 Å². The van der Waals surface area contributed by atoms with Gasteiger partial charge in [0.1, 0.15) is 6.10 Å². The quantitative estimate of drug-likeness (QED) is 0.804. The summed E-state index contributed by atoms with van der Waals surface area (Å²) in [5, 5.41) is 18.8. The molecule has 2 aliphatic rings. The Hall–Kier alpha value is -1.61. The largest absolute Gasteiger partial charge is 0.383 e. The van der Waals surface area contributed by atoms with Gasteiger partial charge in [-0.2, -0.15) is 5.26 Å². The monoisotopic (exact) mass is 293 g/mol. The van der Waals surface area contributed by atoms with E-state index in [4.69, 9.17) is 5.26 Å². The number of hydrogen-bond donors (Lipinski definition) is 1. The molecule has 1 atom stereocenters. The van der Waals surface area contributed by atoms with Crippen LogP contribution < -0.4 is 0 Å². The van der Waals surface area contributed by atoms with E-state index in [1.807, 2.05) is 6.92 Å². The van der Waals surface area contributed by atoms with Crippen molar-refractivity contribution in [3.63, 3.8) is 0 Å². The van der Waals surface area contributed by atoms with Gasteiger partial charge in [-0.1, -0.05) is 0 Å². The van der Waals surface area contributed by atoms with Crippen molar-refractivity contribution in [2.75, 3.05) is 26.2 Å². The zero-order valence-corrected chi connectivity index (χ0v) is 12.5. The van der Waals surface area contributed by atoms with E-state index in [9.17, 15) is 14.7 Å². The molecular weight excluding hydrogens is 270 g/mol. The second kappa shape index (κ2) is 6.44. The number of rotatable bonds is 2. The highest BCUT2D eigenvalue weighted by Crippen LogP contribution is 2.29. The summed E-state index contributed by atoms with van der Waals surface area (Å²) >= 11 is 0. The summed E-state index contributed by atoms with van der Waals surface area (Å²) in [6.07, 6.45) is 2.49. The number of nitriles is 1. The molecule has 116 valence electrons. The van der Waals surface area contributed by atoms with Crippen LogP contribution in [0.15, 0.2) is 0 Å². The summed E-state index contributed by atoms with van der Waals surface area (Å²) in [7, 11) is 0. The van der Waals surface area contributed by atoms with Crippen molar-refractivity contribution in [1.29, 1.82) is 5.26 Å². The number of amides is 2. The first-order chi connectivity index (χ1) is 9.95. The average Bonchev–Trinajstić information content (AvgIpc) is 2.63. The van der Waals surface area contributed by atoms with Crippen molar-refractivity contribution >= 4 is 11.8 Å². The fraction of sp³-hybridized carbons (Fsp3) is 0.800. The van der Waals surface area contributed by atoms with Crippen molar-refractivity contribution in [2.24, 2.45) is 5.41 Å². The van der Waals surface area contributed by atoms with Crippen molar-refractivity contribution in [3.8, 4) is 6.07 Å². The van der Waals surface area contributed by atoms with Gasteiger partial charge in [0.2, 0.25) is 5.91 Å². The summed E-state index contributed by atoms with van der Waals surface area (Å²) in [6, 6.07) is 2.31. The van der Waals surface area contributed by atoms with E-state index in [2.05, 4.69) is 6.07 Å². The van der Waals surface area contributed by atoms with Gasteiger partial charge in [-0.05, 0) is 39.0 Å². The van der Waals surface area contributed by atoms with Crippen LogP contribution in [0.1, 0.15) is 39.0 Å². The van der Waals surface area contributed by atoms with Gasteiger partial charge >= 0.3 is 0 Å². The Morgan fingerprint density at radius 1 is 1.38 bits per heavy atom. The van der Waals surface area contributed by atoms with Crippen molar-refractivity contribution in [3.05, 3.63) is 0 Å². The third kappa shape index (κ3) is 3.73. The van der Waals surface area contributed by atoms with Gasteiger partial charge in [0.15, 0.2) is 0 Å². The minimum Gasteiger partial charge on any atom is -0.383 e. The number of aliphatic hydroxyl groups excluding tert-OH is 1. The maximum absolute atomic E-state index is 12.3. The first kappa shape index (κ1) is 15.8. The summed E-state index contributed by atoms with van der Waals surface area (Å²) in [4.78, 5) is 27.5. The van der Waals surface area contributed by atoms with E-state index >= 15 is 0 Å². The second-order valence-corrected chi connectivity index (χ2v) is 6.32. The van der Waals surface area contributed by atoms with Crippen LogP contribution >= 0.6 is 0 Å². The van der Waals surface area contributed by atoms with E-state index in [1.165, 1.54) is 4.90 Å². The van der Waals surface area contributed by atoms with Crippen LogP contribution in [0.4, 0.5) is 0 Å². The minimum absolute atomic E-state index is 0.0408. The van der Waals surface area contributed by atoms with E-state index in [0.29, 0.717) is 38.9 Å². The van der Waals surface area contributed by atoms with Gasteiger partial charge in [-0.25, -0.2) is 0 Å². The number of piperidine rings is 1. The predicted octanol–water partition coefficient (Wildman–Crippen LogP) is 0.512. The molecule has 0 aromatic heterocycles. The molecule has 0 bridgehead atoms. The van der Waals surface area contributed by atoms with Gasteiger partial charge in [0, 0.05) is 19.6 Å². The lowest BCUT2D eigenvalue weighted by atomic mass is 9.82. The number of hydrogen-bond acceptors (Lipinski definition) is 4. The van der Waals surface area contributed by atoms with E-state index in [1.54, 1.807) is 4.90 Å². The Balaban J connectivity index is 1.90. The molecule has 0 aromatic rings. The van der Waals surface area contributed by atoms with E-state index in [0.717, 1.165) is 12.8 Å². The molecular formula is C15H23N3O3. The highest BCUT2D eigenvalue weighted by Gasteiger charge is 2.33. The molecule has 2 saturated heterocycles. The summed E-state index contributed by atoms with van der Waals surface area (Å²) in [5.41, 5.74) is -0.342. The van der Waals surface area contributed by atoms with Crippen LogP contribution in [0.5, 0.6) is 0 Å². The first-order valence-electron chi connectivity index (χ1n) is 7.61. The molecule has 0 spiro atoms. The van der Waals surface area contributed by atoms with Crippen LogP contribution in [-0.4, -0.2) is 59.0 Å². The van der Waals surface area contributed by atoms with Crippen LogP contribution in [-0.2, 0) is 9.59 Å². The number of aliphatic hydroxyl groups is 1. The van der Waals surface area contributed by atoms with Crippen molar-refractivity contribution in [2.45, 2.75) is 45.1 Å². The van der Waals surface area contributed by atoms with Crippen molar-refractivity contribution < 1.29 is 14.7 Å². The topological polar surface area (TPSA) is 84.6 Å². The summed E-state index contributed by atoms with van der Waals surface area (Å²) in [6.45, 7) is 3.62. The lowest BCUT2D eigenvalue weighted by Gasteiger charge is -2.36. The molecule has 2 amide bonds. The molecule has 2 fully saturated rings. The third-order valence-electron chi connectivity index (χ3n) is 4.57. The van der Waals surface area contributed by atoms with Gasteiger partial charge in [-0.3, -0.25) is 9.59 Å². The second-order valence-electron chi connectivity index (χ2n) is 6.32. The first-order valence-corrected chi connectivity index (χ1v) is 7.61. The van der Waals surface area contributed by atoms with Crippen molar-refractivity contribution in [1.82, 2.24) is 9.80 Å². The molecule has 2 rings (SSSR count). The Morgan fingerprint density at radius 3 is 2.67 bits per heavy atom.